The van der Waals surface area contributed by atoms with Crippen LogP contribution < -0.4 is 16.0 Å². The van der Waals surface area contributed by atoms with Crippen LogP contribution in [0.3, 0.4) is 0 Å². The van der Waals surface area contributed by atoms with Crippen LogP contribution in [-0.4, -0.2) is 31.7 Å². The van der Waals surface area contributed by atoms with Crippen molar-refractivity contribution >= 4 is 23.3 Å². The molecule has 0 aliphatic heterocycles. The third kappa shape index (κ3) is 7.97. The summed E-state index contributed by atoms with van der Waals surface area (Å²) in [7, 11) is 0. The largest absolute Gasteiger partial charge is 0.381 e. The van der Waals surface area contributed by atoms with Crippen molar-refractivity contribution in [1.82, 2.24) is 5.32 Å². The average Bonchev–Trinajstić information content (AvgIpc) is 2.57. The molecule has 1 rings (SSSR count). The Hall–Kier alpha value is -2.08. The molecule has 0 aliphatic rings. The molecule has 0 saturated heterocycles. The number of nitrogens with one attached hydrogen (secondary N) is 3. The van der Waals surface area contributed by atoms with Crippen LogP contribution in [0.5, 0.6) is 0 Å². The highest BCUT2D eigenvalue weighted by Crippen LogP contribution is 2.20. The van der Waals surface area contributed by atoms with Gasteiger partial charge in [0.05, 0.1) is 0 Å². The summed E-state index contributed by atoms with van der Waals surface area (Å²) in [4.78, 5) is 23.4. The van der Waals surface area contributed by atoms with Gasteiger partial charge in [0, 0.05) is 37.6 Å². The molecule has 0 saturated carbocycles. The van der Waals surface area contributed by atoms with Gasteiger partial charge in [-0.3, -0.25) is 4.79 Å². The average molecular weight is 335 g/mol. The van der Waals surface area contributed by atoms with Gasteiger partial charge in [-0.05, 0) is 37.5 Å². The minimum absolute atomic E-state index is 0.0580. The zero-order valence-corrected chi connectivity index (χ0v) is 14.9. The molecule has 6 heteroatoms. The number of urea groups is 1. The van der Waals surface area contributed by atoms with Gasteiger partial charge in [0.15, 0.2) is 0 Å². The number of hydrogen-bond acceptors (Lipinski definition) is 3. The van der Waals surface area contributed by atoms with E-state index in [1.54, 1.807) is 13.0 Å². The molecule has 1 aromatic carbocycles. The molecule has 0 radical (unpaired) electrons. The molecule has 1 aromatic rings. The van der Waals surface area contributed by atoms with E-state index in [0.29, 0.717) is 30.9 Å². The molecule has 134 valence electrons. The molecule has 0 spiro atoms. The maximum Gasteiger partial charge on any atom is 0.319 e. The van der Waals surface area contributed by atoms with Gasteiger partial charge in [-0.15, -0.1) is 0 Å². The van der Waals surface area contributed by atoms with Crippen molar-refractivity contribution < 1.29 is 14.3 Å². The number of benzene rings is 1. The molecule has 0 heterocycles. The molecule has 3 amide bonds. The molecule has 0 unspecified atom stereocenters. The van der Waals surface area contributed by atoms with Crippen molar-refractivity contribution in [3.63, 3.8) is 0 Å². The van der Waals surface area contributed by atoms with Crippen LogP contribution in [0.4, 0.5) is 16.2 Å². The summed E-state index contributed by atoms with van der Waals surface area (Å²) in [5.74, 6) is -0.0580. The van der Waals surface area contributed by atoms with E-state index < -0.39 is 0 Å². The SMILES string of the molecule is CCCCOCCCNC(=O)Nc1cc(NC(=O)CC)ccc1C. The fraction of sp³-hybridized carbons (Fsp3) is 0.556. The number of anilines is 2. The standard InChI is InChI=1S/C18H29N3O3/c1-4-6-11-24-12-7-10-19-18(23)21-16-13-15(9-8-14(16)3)20-17(22)5-2/h8-9,13H,4-7,10-12H2,1-3H3,(H,20,22)(H2,19,21,23). The lowest BCUT2D eigenvalue weighted by Crippen LogP contribution is -2.30. The van der Waals surface area contributed by atoms with Gasteiger partial charge in [0.2, 0.25) is 5.91 Å². The Labute approximate surface area is 144 Å². The molecule has 0 aliphatic carbocycles. The maximum atomic E-state index is 11.9. The van der Waals surface area contributed by atoms with Gasteiger partial charge in [-0.2, -0.15) is 0 Å². The topological polar surface area (TPSA) is 79.5 Å². The Kier molecular flexibility index (Phi) is 9.53. The third-order valence-electron chi connectivity index (χ3n) is 3.48. The van der Waals surface area contributed by atoms with Crippen molar-refractivity contribution in [2.75, 3.05) is 30.4 Å². The van der Waals surface area contributed by atoms with Crippen molar-refractivity contribution in [2.45, 2.75) is 46.5 Å². The Balaban J connectivity index is 2.37. The molecule has 6 nitrogen and oxygen atoms in total. The van der Waals surface area contributed by atoms with Gasteiger partial charge in [0.25, 0.3) is 0 Å². The number of rotatable bonds is 10. The van der Waals surface area contributed by atoms with Crippen LogP contribution in [0.15, 0.2) is 18.2 Å². The van der Waals surface area contributed by atoms with E-state index in [1.807, 2.05) is 19.1 Å². The van der Waals surface area contributed by atoms with Gasteiger partial charge >= 0.3 is 6.03 Å². The first-order valence-corrected chi connectivity index (χ1v) is 8.59. The maximum absolute atomic E-state index is 11.9. The van der Waals surface area contributed by atoms with Crippen LogP contribution in [-0.2, 0) is 9.53 Å². The smallest absolute Gasteiger partial charge is 0.319 e. The molecule has 3 N–H and O–H groups in total. The Morgan fingerprint density at radius 2 is 1.83 bits per heavy atom. The normalized spacial score (nSPS) is 10.3. The molecule has 0 atom stereocenters. The second kappa shape index (κ2) is 11.5. The van der Waals surface area contributed by atoms with Crippen molar-refractivity contribution in [3.8, 4) is 0 Å². The van der Waals surface area contributed by atoms with Crippen LogP contribution in [0.1, 0.15) is 45.1 Å². The summed E-state index contributed by atoms with van der Waals surface area (Å²) >= 11 is 0. The highest BCUT2D eigenvalue weighted by molar-refractivity contribution is 5.94. The van der Waals surface area contributed by atoms with Crippen LogP contribution in [0.2, 0.25) is 0 Å². The van der Waals surface area contributed by atoms with E-state index in [-0.39, 0.29) is 11.9 Å². The predicted octanol–water partition coefficient (Wildman–Crippen LogP) is 3.67. The monoisotopic (exact) mass is 335 g/mol. The number of hydrogen-bond donors (Lipinski definition) is 3. The van der Waals surface area contributed by atoms with E-state index >= 15 is 0 Å². The van der Waals surface area contributed by atoms with Crippen molar-refractivity contribution in [2.24, 2.45) is 0 Å². The molecule has 24 heavy (non-hydrogen) atoms. The lowest BCUT2D eigenvalue weighted by molar-refractivity contribution is -0.115. The first kappa shape index (κ1) is 20.0. The van der Waals surface area contributed by atoms with E-state index in [1.165, 1.54) is 0 Å². The van der Waals surface area contributed by atoms with Crippen LogP contribution >= 0.6 is 0 Å². The fourth-order valence-corrected chi connectivity index (χ4v) is 1.97. The summed E-state index contributed by atoms with van der Waals surface area (Å²) in [6.45, 7) is 7.81. The highest BCUT2D eigenvalue weighted by Gasteiger charge is 2.06. The molecular formula is C18H29N3O3. The Morgan fingerprint density at radius 1 is 1.08 bits per heavy atom. The number of unbranched alkanes of at least 4 members (excludes halogenated alkanes) is 1. The predicted molar refractivity (Wildman–Crippen MR) is 97.5 cm³/mol. The molecule has 0 aromatic heterocycles. The second-order valence-electron chi connectivity index (χ2n) is 5.63. The minimum Gasteiger partial charge on any atom is -0.381 e. The van der Waals surface area contributed by atoms with E-state index in [4.69, 9.17) is 4.74 Å². The number of carbonyl (C=O) groups excluding carboxylic acids is 2. The van der Waals surface area contributed by atoms with E-state index in [0.717, 1.165) is 31.4 Å². The zero-order valence-electron chi connectivity index (χ0n) is 14.9. The lowest BCUT2D eigenvalue weighted by Gasteiger charge is -2.12. The lowest BCUT2D eigenvalue weighted by atomic mass is 10.2. The van der Waals surface area contributed by atoms with Gasteiger partial charge in [-0.25, -0.2) is 4.79 Å². The Bertz CT molecular complexity index is 532. The first-order valence-electron chi connectivity index (χ1n) is 8.59. The van der Waals surface area contributed by atoms with Crippen LogP contribution in [0, 0.1) is 6.92 Å². The van der Waals surface area contributed by atoms with Crippen molar-refractivity contribution in [3.05, 3.63) is 23.8 Å². The summed E-state index contributed by atoms with van der Waals surface area (Å²) in [5.41, 5.74) is 2.29. The molecule has 0 bridgehead atoms. The summed E-state index contributed by atoms with van der Waals surface area (Å²) in [6, 6.07) is 5.18. The zero-order chi connectivity index (χ0) is 17.8. The number of carbonyl (C=O) groups is 2. The highest BCUT2D eigenvalue weighted by atomic mass is 16.5. The van der Waals surface area contributed by atoms with Crippen LogP contribution in [0.25, 0.3) is 0 Å². The second-order valence-corrected chi connectivity index (χ2v) is 5.63. The fourth-order valence-electron chi connectivity index (χ4n) is 1.97. The van der Waals surface area contributed by atoms with Crippen molar-refractivity contribution in [1.29, 1.82) is 0 Å². The minimum atomic E-state index is -0.259. The van der Waals surface area contributed by atoms with Gasteiger partial charge in [0.1, 0.15) is 0 Å². The van der Waals surface area contributed by atoms with E-state index in [2.05, 4.69) is 22.9 Å². The number of amides is 3. The Morgan fingerprint density at radius 3 is 2.54 bits per heavy atom. The third-order valence-corrected chi connectivity index (χ3v) is 3.48. The van der Waals surface area contributed by atoms with E-state index in [9.17, 15) is 9.59 Å². The summed E-state index contributed by atoms with van der Waals surface area (Å²) in [6.07, 6.45) is 3.38. The summed E-state index contributed by atoms with van der Waals surface area (Å²) in [5, 5.41) is 8.40. The number of ether oxygens (including phenoxy) is 1. The van der Waals surface area contributed by atoms with Gasteiger partial charge < -0.3 is 20.7 Å². The number of aryl methyl sites for hydroxylation is 1. The summed E-state index contributed by atoms with van der Waals surface area (Å²) < 4.78 is 5.44. The van der Waals surface area contributed by atoms with Gasteiger partial charge in [-0.1, -0.05) is 26.3 Å². The quantitative estimate of drug-likeness (QED) is 0.571. The first-order chi connectivity index (χ1) is 11.6. The molecule has 0 fully saturated rings. The molecular weight excluding hydrogens is 306 g/mol.